The molecule has 1 fully saturated rings. The highest BCUT2D eigenvalue weighted by Gasteiger charge is 2.32. The predicted molar refractivity (Wildman–Crippen MR) is 96.2 cm³/mol. The van der Waals surface area contributed by atoms with Crippen LogP contribution in [0, 0.1) is 12.8 Å². The molecule has 0 aromatic heterocycles. The Labute approximate surface area is 158 Å². The van der Waals surface area contributed by atoms with Gasteiger partial charge in [-0.25, -0.2) is 13.2 Å². The Bertz CT molecular complexity index is 820. The fourth-order valence-electron chi connectivity index (χ4n) is 2.42. The summed E-state index contributed by atoms with van der Waals surface area (Å²) >= 11 is 0. The van der Waals surface area contributed by atoms with E-state index in [0.717, 1.165) is 10.5 Å². The van der Waals surface area contributed by atoms with E-state index in [1.54, 1.807) is 26.0 Å². The molecule has 10 heteroatoms. The molecule has 2 rings (SSSR count). The first-order valence-corrected chi connectivity index (χ1v) is 9.94. The molecule has 3 amide bonds. The monoisotopic (exact) mass is 397 g/mol. The largest absolute Gasteiger partial charge is 0.454 e. The van der Waals surface area contributed by atoms with Gasteiger partial charge < -0.3 is 10.1 Å². The average molecular weight is 397 g/mol. The number of carbonyl (C=O) groups is 3. The smallest absolute Gasteiger partial charge is 0.324 e. The van der Waals surface area contributed by atoms with Crippen LogP contribution in [-0.4, -0.2) is 57.0 Å². The summed E-state index contributed by atoms with van der Waals surface area (Å²) in [5, 5.41) is 2.47. The third kappa shape index (κ3) is 5.27. The van der Waals surface area contributed by atoms with Crippen LogP contribution < -0.4 is 10.0 Å². The summed E-state index contributed by atoms with van der Waals surface area (Å²) in [4.78, 5) is 36.7. The third-order valence-corrected chi connectivity index (χ3v) is 5.49. The molecule has 1 aromatic carbocycles. The van der Waals surface area contributed by atoms with Crippen molar-refractivity contribution in [2.45, 2.75) is 31.7 Å². The van der Waals surface area contributed by atoms with Gasteiger partial charge in [-0.15, -0.1) is 0 Å². The Morgan fingerprint density at radius 1 is 1.26 bits per heavy atom. The van der Waals surface area contributed by atoms with Crippen molar-refractivity contribution < 1.29 is 27.5 Å². The van der Waals surface area contributed by atoms with Crippen molar-refractivity contribution >= 4 is 27.9 Å². The van der Waals surface area contributed by atoms with Crippen LogP contribution in [0.15, 0.2) is 29.2 Å². The van der Waals surface area contributed by atoms with Gasteiger partial charge in [-0.05, 0) is 25.0 Å². The molecule has 27 heavy (non-hydrogen) atoms. The molecule has 1 aliphatic rings. The number of hydrogen-bond acceptors (Lipinski definition) is 6. The van der Waals surface area contributed by atoms with Crippen molar-refractivity contribution in [3.8, 4) is 0 Å². The Morgan fingerprint density at radius 3 is 2.41 bits per heavy atom. The molecular weight excluding hydrogens is 374 g/mol. The van der Waals surface area contributed by atoms with Crippen LogP contribution in [0.3, 0.4) is 0 Å². The molecule has 1 saturated heterocycles. The molecule has 2 N–H and O–H groups in total. The van der Waals surface area contributed by atoms with E-state index < -0.39 is 46.5 Å². The molecule has 0 unspecified atom stereocenters. The van der Waals surface area contributed by atoms with E-state index in [0.29, 0.717) is 6.54 Å². The molecule has 148 valence electrons. The summed E-state index contributed by atoms with van der Waals surface area (Å²) in [6, 6.07) is 4.47. The fraction of sp³-hybridized carbons (Fsp3) is 0.471. The second-order valence-electron chi connectivity index (χ2n) is 6.54. The number of aryl methyl sites for hydroxylation is 1. The number of nitrogens with one attached hydrogen (secondary N) is 2. The summed E-state index contributed by atoms with van der Waals surface area (Å²) in [5.74, 6) is -1.96. The van der Waals surface area contributed by atoms with Crippen molar-refractivity contribution in [2.24, 2.45) is 5.92 Å². The first-order valence-electron chi connectivity index (χ1n) is 8.45. The van der Waals surface area contributed by atoms with Gasteiger partial charge in [0.25, 0.3) is 5.91 Å². The summed E-state index contributed by atoms with van der Waals surface area (Å²) in [7, 11) is -3.94. The number of nitrogens with zero attached hydrogens (tertiary/aromatic N) is 1. The first-order chi connectivity index (χ1) is 12.6. The van der Waals surface area contributed by atoms with Gasteiger partial charge in [0.05, 0.1) is 4.90 Å². The highest BCUT2D eigenvalue weighted by molar-refractivity contribution is 7.89. The lowest BCUT2D eigenvalue weighted by atomic mass is 10.1. The Hall–Kier alpha value is -2.46. The molecule has 1 aliphatic heterocycles. The number of benzene rings is 1. The molecule has 1 heterocycles. The minimum atomic E-state index is -3.94. The van der Waals surface area contributed by atoms with Gasteiger partial charge in [-0.1, -0.05) is 31.5 Å². The highest BCUT2D eigenvalue weighted by Crippen LogP contribution is 2.14. The normalized spacial score (nSPS) is 15.6. The van der Waals surface area contributed by atoms with Crippen molar-refractivity contribution in [3.63, 3.8) is 0 Å². The number of sulfonamides is 1. The lowest BCUT2D eigenvalue weighted by molar-refractivity contribution is -0.153. The molecule has 1 aromatic rings. The minimum absolute atomic E-state index is 0.0244. The van der Waals surface area contributed by atoms with Crippen molar-refractivity contribution in [3.05, 3.63) is 29.8 Å². The summed E-state index contributed by atoms with van der Waals surface area (Å²) in [5.41, 5.74) is 0.901. The number of amides is 3. The average Bonchev–Trinajstić information content (AvgIpc) is 3.03. The van der Waals surface area contributed by atoms with Gasteiger partial charge >= 0.3 is 12.0 Å². The van der Waals surface area contributed by atoms with Gasteiger partial charge in [0.1, 0.15) is 6.04 Å². The molecular formula is C17H23N3O6S. The highest BCUT2D eigenvalue weighted by atomic mass is 32.2. The van der Waals surface area contributed by atoms with E-state index in [4.69, 9.17) is 4.74 Å². The van der Waals surface area contributed by atoms with Crippen LogP contribution in [-0.2, 0) is 24.3 Å². The maximum Gasteiger partial charge on any atom is 0.324 e. The van der Waals surface area contributed by atoms with E-state index in [9.17, 15) is 22.8 Å². The fourth-order valence-corrected chi connectivity index (χ4v) is 3.75. The molecule has 0 radical (unpaired) electrons. The van der Waals surface area contributed by atoms with Crippen LogP contribution in [0.2, 0.25) is 0 Å². The van der Waals surface area contributed by atoms with E-state index in [1.807, 2.05) is 6.92 Å². The lowest BCUT2D eigenvalue weighted by Crippen LogP contribution is -2.46. The van der Waals surface area contributed by atoms with E-state index in [2.05, 4.69) is 10.0 Å². The van der Waals surface area contributed by atoms with Gasteiger partial charge in [-0.2, -0.15) is 4.72 Å². The number of urea groups is 1. The molecule has 0 saturated carbocycles. The molecule has 1 atom stereocenters. The van der Waals surface area contributed by atoms with Gasteiger partial charge in [0.15, 0.2) is 6.61 Å². The molecule has 9 nitrogen and oxygen atoms in total. The summed E-state index contributed by atoms with van der Waals surface area (Å²) in [6.45, 7) is 5.03. The van der Waals surface area contributed by atoms with E-state index in [1.165, 1.54) is 12.1 Å². The summed E-state index contributed by atoms with van der Waals surface area (Å²) < 4.78 is 32.3. The third-order valence-electron chi connectivity index (χ3n) is 4.03. The number of rotatable bonds is 7. The zero-order valence-electron chi connectivity index (χ0n) is 15.4. The van der Waals surface area contributed by atoms with Crippen molar-refractivity contribution in [2.75, 3.05) is 19.7 Å². The molecule has 0 aliphatic carbocycles. The minimum Gasteiger partial charge on any atom is -0.454 e. The van der Waals surface area contributed by atoms with E-state index in [-0.39, 0.29) is 11.4 Å². The van der Waals surface area contributed by atoms with Crippen LogP contribution in [0.5, 0.6) is 0 Å². The maximum atomic E-state index is 12.5. The lowest BCUT2D eigenvalue weighted by Gasteiger charge is -2.21. The van der Waals surface area contributed by atoms with E-state index >= 15 is 0 Å². The Kier molecular flexibility index (Phi) is 6.55. The number of ether oxygens (including phenoxy) is 1. The van der Waals surface area contributed by atoms with Crippen molar-refractivity contribution in [1.29, 1.82) is 0 Å². The Balaban J connectivity index is 2.03. The predicted octanol–water partition coefficient (Wildman–Crippen LogP) is 0.393. The molecule has 0 bridgehead atoms. The standard InChI is InChI=1S/C17H23N3O6S/c1-11(2)15(19-27(24,25)13-6-4-12(3)5-7-13)16(22)26-10-14(21)20-9-8-18-17(20)23/h4-7,11,15,19H,8-10H2,1-3H3,(H,18,23)/t15-/m0/s1. The number of carbonyl (C=O) groups excluding carboxylic acids is 3. The number of esters is 1. The van der Waals surface area contributed by atoms with Crippen molar-refractivity contribution in [1.82, 2.24) is 14.9 Å². The second kappa shape index (κ2) is 8.49. The quantitative estimate of drug-likeness (QED) is 0.642. The number of imide groups is 1. The second-order valence-corrected chi connectivity index (χ2v) is 8.26. The van der Waals surface area contributed by atoms with Gasteiger partial charge in [0.2, 0.25) is 10.0 Å². The van der Waals surface area contributed by atoms with Crippen LogP contribution in [0.4, 0.5) is 4.79 Å². The Morgan fingerprint density at radius 2 is 1.89 bits per heavy atom. The van der Waals surface area contributed by atoms with Crippen LogP contribution in [0.1, 0.15) is 19.4 Å². The maximum absolute atomic E-state index is 12.5. The van der Waals surface area contributed by atoms with Crippen LogP contribution in [0.25, 0.3) is 0 Å². The first kappa shape index (κ1) is 20.8. The van der Waals surface area contributed by atoms with Crippen LogP contribution >= 0.6 is 0 Å². The SMILES string of the molecule is Cc1ccc(S(=O)(=O)N[C@H](C(=O)OCC(=O)N2CCNC2=O)C(C)C)cc1. The van der Waals surface area contributed by atoms with Gasteiger partial charge in [0, 0.05) is 13.1 Å². The number of hydrogen-bond donors (Lipinski definition) is 2. The molecule has 0 spiro atoms. The van der Waals surface area contributed by atoms with Gasteiger partial charge in [-0.3, -0.25) is 14.5 Å². The summed E-state index contributed by atoms with van der Waals surface area (Å²) in [6.07, 6.45) is 0. The topological polar surface area (TPSA) is 122 Å². The zero-order valence-corrected chi connectivity index (χ0v) is 16.2. The zero-order chi connectivity index (χ0) is 20.2.